The Morgan fingerprint density at radius 2 is 2.00 bits per heavy atom. The van der Waals surface area contributed by atoms with E-state index in [-0.39, 0.29) is 0 Å². The van der Waals surface area contributed by atoms with Gasteiger partial charge >= 0.3 is 0 Å². The fourth-order valence-corrected chi connectivity index (χ4v) is 2.99. The first-order valence-corrected chi connectivity index (χ1v) is 8.46. The molecular weight excluding hydrogens is 260 g/mol. The van der Waals surface area contributed by atoms with Crippen LogP contribution in [0.3, 0.4) is 0 Å². The van der Waals surface area contributed by atoms with Gasteiger partial charge in [0.25, 0.3) is 0 Å². The van der Waals surface area contributed by atoms with Crippen molar-refractivity contribution in [3.8, 4) is 5.75 Å². The molecule has 3 nitrogen and oxygen atoms in total. The molecule has 0 spiro atoms. The van der Waals surface area contributed by atoms with Crippen LogP contribution >= 0.6 is 0 Å². The lowest BCUT2D eigenvalue weighted by molar-refractivity contribution is 0.305. The fraction of sp³-hybridized carbons (Fsp3) is 0.667. The van der Waals surface area contributed by atoms with E-state index in [1.165, 1.54) is 37.9 Å². The van der Waals surface area contributed by atoms with Crippen LogP contribution in [0, 0.1) is 5.92 Å². The summed E-state index contributed by atoms with van der Waals surface area (Å²) in [5.41, 5.74) is 1.33. The van der Waals surface area contributed by atoms with E-state index in [1.807, 2.05) is 7.05 Å². The second-order valence-electron chi connectivity index (χ2n) is 6.06. The number of anilines is 1. The molecule has 1 N–H and O–H groups in total. The van der Waals surface area contributed by atoms with Crippen LogP contribution in [0.25, 0.3) is 0 Å². The molecule has 0 bridgehead atoms. The lowest BCUT2D eigenvalue weighted by Gasteiger charge is -2.19. The normalized spacial score (nSPS) is 18.2. The number of unbranched alkanes of at least 4 members (excludes halogenated alkanes) is 3. The summed E-state index contributed by atoms with van der Waals surface area (Å²) in [6.07, 6.45) is 6.31. The lowest BCUT2D eigenvalue weighted by atomic mass is 10.1. The number of rotatable bonds is 9. The highest BCUT2D eigenvalue weighted by molar-refractivity contribution is 5.49. The molecule has 0 aromatic heterocycles. The zero-order chi connectivity index (χ0) is 14.9. The van der Waals surface area contributed by atoms with Crippen molar-refractivity contribution in [3.05, 3.63) is 24.3 Å². The SMILES string of the molecule is CCCCCCOc1ccc(N2CCC(CNC)C2)cc1. The maximum absolute atomic E-state index is 5.80. The second kappa shape index (κ2) is 8.93. The lowest BCUT2D eigenvalue weighted by Crippen LogP contribution is -2.24. The first-order valence-electron chi connectivity index (χ1n) is 8.46. The van der Waals surface area contributed by atoms with Gasteiger partial charge in [-0.1, -0.05) is 26.2 Å². The Morgan fingerprint density at radius 3 is 2.71 bits per heavy atom. The molecule has 1 saturated heterocycles. The monoisotopic (exact) mass is 290 g/mol. The van der Waals surface area contributed by atoms with E-state index >= 15 is 0 Å². The van der Waals surface area contributed by atoms with Gasteiger partial charge in [-0.2, -0.15) is 0 Å². The van der Waals surface area contributed by atoms with Gasteiger partial charge in [-0.15, -0.1) is 0 Å². The molecule has 1 aromatic rings. The number of nitrogens with zero attached hydrogens (tertiary/aromatic N) is 1. The Kier molecular flexibility index (Phi) is 6.87. The molecule has 21 heavy (non-hydrogen) atoms. The van der Waals surface area contributed by atoms with Crippen LogP contribution in [-0.2, 0) is 0 Å². The topological polar surface area (TPSA) is 24.5 Å². The Bertz CT molecular complexity index is 391. The predicted molar refractivity (Wildman–Crippen MR) is 90.3 cm³/mol. The molecule has 2 rings (SSSR count). The zero-order valence-corrected chi connectivity index (χ0v) is 13.6. The van der Waals surface area contributed by atoms with E-state index < -0.39 is 0 Å². The molecule has 1 aliphatic heterocycles. The average molecular weight is 290 g/mol. The molecule has 1 aliphatic rings. The zero-order valence-electron chi connectivity index (χ0n) is 13.6. The van der Waals surface area contributed by atoms with E-state index in [1.54, 1.807) is 0 Å². The van der Waals surface area contributed by atoms with Crippen LogP contribution in [0.1, 0.15) is 39.0 Å². The van der Waals surface area contributed by atoms with Crippen molar-refractivity contribution < 1.29 is 4.74 Å². The van der Waals surface area contributed by atoms with Crippen molar-refractivity contribution >= 4 is 5.69 Å². The van der Waals surface area contributed by atoms with Crippen molar-refractivity contribution in [2.45, 2.75) is 39.0 Å². The largest absolute Gasteiger partial charge is 0.494 e. The second-order valence-corrected chi connectivity index (χ2v) is 6.06. The number of hydrogen-bond acceptors (Lipinski definition) is 3. The summed E-state index contributed by atoms with van der Waals surface area (Å²) < 4.78 is 5.80. The summed E-state index contributed by atoms with van der Waals surface area (Å²) in [5.74, 6) is 1.78. The van der Waals surface area contributed by atoms with Crippen LogP contribution in [0.15, 0.2) is 24.3 Å². The molecule has 0 aliphatic carbocycles. The first kappa shape index (κ1) is 16.2. The summed E-state index contributed by atoms with van der Waals surface area (Å²) in [6, 6.07) is 8.62. The van der Waals surface area contributed by atoms with Crippen molar-refractivity contribution in [1.29, 1.82) is 0 Å². The fourth-order valence-electron chi connectivity index (χ4n) is 2.99. The Morgan fingerprint density at radius 1 is 1.19 bits per heavy atom. The Balaban J connectivity index is 1.74. The quantitative estimate of drug-likeness (QED) is 0.702. The van der Waals surface area contributed by atoms with Crippen molar-refractivity contribution in [2.75, 3.05) is 38.2 Å². The van der Waals surface area contributed by atoms with Gasteiger partial charge < -0.3 is 15.0 Å². The van der Waals surface area contributed by atoms with E-state index in [9.17, 15) is 0 Å². The minimum atomic E-state index is 0.782. The minimum absolute atomic E-state index is 0.782. The van der Waals surface area contributed by atoms with Crippen molar-refractivity contribution in [3.63, 3.8) is 0 Å². The molecule has 1 fully saturated rings. The van der Waals surface area contributed by atoms with Gasteiger partial charge in [0.1, 0.15) is 5.75 Å². The number of hydrogen-bond donors (Lipinski definition) is 1. The Hall–Kier alpha value is -1.22. The average Bonchev–Trinajstić information content (AvgIpc) is 2.97. The number of nitrogens with one attached hydrogen (secondary N) is 1. The maximum atomic E-state index is 5.80. The van der Waals surface area contributed by atoms with E-state index in [2.05, 4.69) is 41.4 Å². The summed E-state index contributed by atoms with van der Waals surface area (Å²) in [7, 11) is 2.04. The van der Waals surface area contributed by atoms with Gasteiger partial charge in [0.15, 0.2) is 0 Å². The van der Waals surface area contributed by atoms with Gasteiger partial charge in [0.2, 0.25) is 0 Å². The molecule has 1 heterocycles. The Labute approximate surface area is 129 Å². The molecule has 3 heteroatoms. The third-order valence-electron chi connectivity index (χ3n) is 4.25. The van der Waals surface area contributed by atoms with Gasteiger partial charge in [-0.05, 0) is 56.6 Å². The van der Waals surface area contributed by atoms with E-state index in [0.29, 0.717) is 0 Å². The van der Waals surface area contributed by atoms with Crippen LogP contribution in [-0.4, -0.2) is 33.3 Å². The maximum Gasteiger partial charge on any atom is 0.119 e. The number of benzene rings is 1. The van der Waals surface area contributed by atoms with Crippen LogP contribution in [0.4, 0.5) is 5.69 Å². The third-order valence-corrected chi connectivity index (χ3v) is 4.25. The summed E-state index contributed by atoms with van der Waals surface area (Å²) >= 11 is 0. The van der Waals surface area contributed by atoms with Gasteiger partial charge in [-0.3, -0.25) is 0 Å². The van der Waals surface area contributed by atoms with Crippen molar-refractivity contribution in [2.24, 2.45) is 5.92 Å². The predicted octanol–water partition coefficient (Wildman–Crippen LogP) is 3.69. The number of ether oxygens (including phenoxy) is 1. The van der Waals surface area contributed by atoms with Crippen LogP contribution < -0.4 is 15.0 Å². The molecule has 0 saturated carbocycles. The minimum Gasteiger partial charge on any atom is -0.494 e. The summed E-state index contributed by atoms with van der Waals surface area (Å²) in [6.45, 7) is 6.53. The molecular formula is C18H30N2O. The van der Waals surface area contributed by atoms with Gasteiger partial charge in [0, 0.05) is 18.8 Å². The standard InChI is InChI=1S/C18H30N2O/c1-3-4-5-6-13-21-18-9-7-17(8-10-18)20-12-11-16(15-20)14-19-2/h7-10,16,19H,3-6,11-15H2,1-2H3. The van der Waals surface area contributed by atoms with Gasteiger partial charge in [-0.25, -0.2) is 0 Å². The third kappa shape index (κ3) is 5.24. The highest BCUT2D eigenvalue weighted by Crippen LogP contribution is 2.25. The van der Waals surface area contributed by atoms with E-state index in [0.717, 1.165) is 37.8 Å². The van der Waals surface area contributed by atoms with Crippen LogP contribution in [0.2, 0.25) is 0 Å². The molecule has 1 aromatic carbocycles. The molecule has 0 amide bonds. The van der Waals surface area contributed by atoms with Crippen molar-refractivity contribution in [1.82, 2.24) is 5.32 Å². The highest BCUT2D eigenvalue weighted by atomic mass is 16.5. The summed E-state index contributed by atoms with van der Waals surface area (Å²) in [4.78, 5) is 2.48. The van der Waals surface area contributed by atoms with Gasteiger partial charge in [0.05, 0.1) is 6.61 Å². The molecule has 118 valence electrons. The molecule has 1 atom stereocenters. The van der Waals surface area contributed by atoms with E-state index in [4.69, 9.17) is 4.74 Å². The molecule has 1 unspecified atom stereocenters. The van der Waals surface area contributed by atoms with Crippen LogP contribution in [0.5, 0.6) is 5.75 Å². The first-order chi connectivity index (χ1) is 10.3. The summed E-state index contributed by atoms with van der Waals surface area (Å²) in [5, 5.41) is 3.28. The highest BCUT2D eigenvalue weighted by Gasteiger charge is 2.21. The molecule has 0 radical (unpaired) electrons. The smallest absolute Gasteiger partial charge is 0.119 e.